The number of amides is 1. The molecule has 0 radical (unpaired) electrons. The predicted molar refractivity (Wildman–Crippen MR) is 131 cm³/mol. The number of carboxylic acids is 1. The maximum Gasteiger partial charge on any atom is 0.335 e. The summed E-state index contributed by atoms with van der Waals surface area (Å²) in [5, 5.41) is 12.0. The van der Waals surface area contributed by atoms with E-state index in [0.717, 1.165) is 43.1 Å². The zero-order valence-corrected chi connectivity index (χ0v) is 19.2. The monoisotopic (exact) mass is 473 g/mol. The third kappa shape index (κ3) is 5.37. The summed E-state index contributed by atoms with van der Waals surface area (Å²) in [6.45, 7) is 2.27. The number of benzene rings is 2. The molecule has 5 rings (SSSR count). The van der Waals surface area contributed by atoms with Crippen LogP contribution in [0, 0.1) is 5.92 Å². The molecule has 0 aliphatic carbocycles. The van der Waals surface area contributed by atoms with Gasteiger partial charge in [-0.1, -0.05) is 24.3 Å². The number of hydrogen-bond acceptors (Lipinski definition) is 6. The summed E-state index contributed by atoms with van der Waals surface area (Å²) >= 11 is 0. The van der Waals surface area contributed by atoms with Crippen molar-refractivity contribution in [1.82, 2.24) is 4.98 Å². The highest BCUT2D eigenvalue weighted by Crippen LogP contribution is 2.29. The first-order valence-corrected chi connectivity index (χ1v) is 11.8. The van der Waals surface area contributed by atoms with Gasteiger partial charge in [0.1, 0.15) is 17.3 Å². The van der Waals surface area contributed by atoms with Crippen molar-refractivity contribution in [3.05, 3.63) is 78.0 Å². The number of hydrogen-bond donors (Lipinski definition) is 2. The van der Waals surface area contributed by atoms with E-state index in [2.05, 4.69) is 15.2 Å². The lowest BCUT2D eigenvalue weighted by Gasteiger charge is -2.32. The van der Waals surface area contributed by atoms with Gasteiger partial charge >= 0.3 is 5.97 Å². The Bertz CT molecular complexity index is 1180. The fourth-order valence-corrected chi connectivity index (χ4v) is 4.46. The van der Waals surface area contributed by atoms with Crippen LogP contribution in [0.2, 0.25) is 0 Å². The van der Waals surface area contributed by atoms with E-state index in [0.29, 0.717) is 30.4 Å². The van der Waals surface area contributed by atoms with Crippen LogP contribution in [0.15, 0.2) is 66.9 Å². The number of aromatic nitrogens is 1. The van der Waals surface area contributed by atoms with Crippen LogP contribution >= 0.6 is 0 Å². The third-order valence-electron chi connectivity index (χ3n) is 6.46. The molecule has 0 saturated carbocycles. The van der Waals surface area contributed by atoms with Gasteiger partial charge in [0.25, 0.3) is 5.91 Å². The van der Waals surface area contributed by atoms with Crippen LogP contribution in [0.1, 0.15) is 28.8 Å². The SMILES string of the molecule is O=C(O)c1cccc(OCC2CCN(c3ccc(NC(=O)C4Cc5ccccc5O4)cn3)CC2)c1. The van der Waals surface area contributed by atoms with E-state index < -0.39 is 12.1 Å². The van der Waals surface area contributed by atoms with Crippen molar-refractivity contribution >= 4 is 23.4 Å². The Hall–Kier alpha value is -4.07. The zero-order valence-electron chi connectivity index (χ0n) is 19.2. The molecule has 3 aromatic rings. The summed E-state index contributed by atoms with van der Waals surface area (Å²) in [5.74, 6) is 1.49. The molecule has 3 heterocycles. The molecule has 1 amide bonds. The molecule has 1 saturated heterocycles. The first-order chi connectivity index (χ1) is 17.0. The van der Waals surface area contributed by atoms with E-state index >= 15 is 0 Å². The highest BCUT2D eigenvalue weighted by molar-refractivity contribution is 5.95. The van der Waals surface area contributed by atoms with Crippen LogP contribution < -0.4 is 19.7 Å². The molecule has 180 valence electrons. The number of nitrogens with one attached hydrogen (secondary N) is 1. The number of anilines is 2. The van der Waals surface area contributed by atoms with Crippen LogP contribution in [-0.4, -0.2) is 47.8 Å². The second-order valence-corrected chi connectivity index (χ2v) is 8.89. The van der Waals surface area contributed by atoms with E-state index in [-0.39, 0.29) is 11.5 Å². The Balaban J connectivity index is 1.08. The smallest absolute Gasteiger partial charge is 0.335 e. The van der Waals surface area contributed by atoms with Crippen molar-refractivity contribution in [3.63, 3.8) is 0 Å². The molecule has 2 aromatic carbocycles. The molecule has 35 heavy (non-hydrogen) atoms. The van der Waals surface area contributed by atoms with Crippen molar-refractivity contribution in [3.8, 4) is 11.5 Å². The Morgan fingerprint density at radius 1 is 1.09 bits per heavy atom. The summed E-state index contributed by atoms with van der Waals surface area (Å²) in [5.41, 5.74) is 1.91. The Morgan fingerprint density at radius 3 is 2.66 bits per heavy atom. The normalized spacial score (nSPS) is 17.4. The number of nitrogens with zero attached hydrogens (tertiary/aromatic N) is 2. The Labute approximate surface area is 203 Å². The molecule has 1 fully saturated rings. The topological polar surface area (TPSA) is 101 Å². The van der Waals surface area contributed by atoms with Gasteiger partial charge in [-0.05, 0) is 60.7 Å². The summed E-state index contributed by atoms with van der Waals surface area (Å²) in [4.78, 5) is 30.5. The minimum Gasteiger partial charge on any atom is -0.493 e. The number of fused-ring (bicyclic) bond motifs is 1. The standard InChI is InChI=1S/C27H27N3O5/c31-26(24-15-19-4-1-2-7-23(19)35-24)29-21-8-9-25(28-16-21)30-12-10-18(11-13-30)17-34-22-6-3-5-20(14-22)27(32)33/h1-9,14,16,18,24H,10-13,15,17H2,(H,29,31)(H,32,33). The van der Waals surface area contributed by atoms with Crippen LogP contribution in [0.5, 0.6) is 11.5 Å². The fraction of sp³-hybridized carbons (Fsp3) is 0.296. The highest BCUT2D eigenvalue weighted by atomic mass is 16.5. The van der Waals surface area contributed by atoms with Crippen molar-refractivity contribution in [2.24, 2.45) is 5.92 Å². The first-order valence-electron chi connectivity index (χ1n) is 11.8. The van der Waals surface area contributed by atoms with Crippen LogP contribution in [0.4, 0.5) is 11.5 Å². The fourth-order valence-electron chi connectivity index (χ4n) is 4.46. The van der Waals surface area contributed by atoms with E-state index in [9.17, 15) is 9.59 Å². The van der Waals surface area contributed by atoms with Crippen LogP contribution in [-0.2, 0) is 11.2 Å². The van der Waals surface area contributed by atoms with E-state index in [4.69, 9.17) is 14.6 Å². The zero-order chi connectivity index (χ0) is 24.2. The quantitative estimate of drug-likeness (QED) is 0.535. The molecule has 1 unspecified atom stereocenters. The summed E-state index contributed by atoms with van der Waals surface area (Å²) in [6.07, 6.45) is 3.63. The minimum absolute atomic E-state index is 0.176. The molecule has 1 aromatic heterocycles. The number of carbonyl (C=O) groups is 2. The molecule has 0 spiro atoms. The molecule has 0 bridgehead atoms. The second kappa shape index (κ2) is 10.0. The van der Waals surface area contributed by atoms with Crippen LogP contribution in [0.25, 0.3) is 0 Å². The third-order valence-corrected chi connectivity index (χ3v) is 6.46. The molecule has 2 aliphatic rings. The van der Waals surface area contributed by atoms with Gasteiger partial charge in [0, 0.05) is 19.5 Å². The van der Waals surface area contributed by atoms with Crippen LogP contribution in [0.3, 0.4) is 0 Å². The Kier molecular flexibility index (Phi) is 6.52. The number of pyridine rings is 1. The lowest BCUT2D eigenvalue weighted by atomic mass is 9.98. The van der Waals surface area contributed by atoms with Gasteiger partial charge in [-0.25, -0.2) is 9.78 Å². The number of rotatable bonds is 7. The van der Waals surface area contributed by atoms with Crippen molar-refractivity contribution in [2.45, 2.75) is 25.4 Å². The molecule has 2 aliphatic heterocycles. The molecular weight excluding hydrogens is 446 g/mol. The van der Waals surface area contributed by atoms with Gasteiger partial charge in [0.2, 0.25) is 0 Å². The average molecular weight is 474 g/mol. The number of piperidine rings is 1. The van der Waals surface area contributed by atoms with Gasteiger partial charge in [0.05, 0.1) is 24.1 Å². The minimum atomic E-state index is -0.959. The average Bonchev–Trinajstić information content (AvgIpc) is 3.33. The predicted octanol–water partition coefficient (Wildman–Crippen LogP) is 4.02. The van der Waals surface area contributed by atoms with Gasteiger partial charge in [-0.15, -0.1) is 0 Å². The summed E-state index contributed by atoms with van der Waals surface area (Å²) in [6, 6.07) is 18.1. The number of carboxylic acid groups (broad SMARTS) is 1. The van der Waals surface area contributed by atoms with E-state index in [1.807, 2.05) is 36.4 Å². The largest absolute Gasteiger partial charge is 0.493 e. The molecule has 8 heteroatoms. The van der Waals surface area contributed by atoms with Gasteiger partial charge in [-0.3, -0.25) is 4.79 Å². The second-order valence-electron chi connectivity index (χ2n) is 8.89. The number of para-hydroxylation sites is 1. The molecular formula is C27H27N3O5. The van der Waals surface area contributed by atoms with Gasteiger partial charge < -0.3 is 24.8 Å². The molecule has 8 nitrogen and oxygen atoms in total. The highest BCUT2D eigenvalue weighted by Gasteiger charge is 2.29. The van der Waals surface area contributed by atoms with E-state index in [1.165, 1.54) is 0 Å². The number of ether oxygens (including phenoxy) is 2. The molecule has 2 N–H and O–H groups in total. The summed E-state index contributed by atoms with van der Waals surface area (Å²) < 4.78 is 11.6. The van der Waals surface area contributed by atoms with Crippen molar-refractivity contribution in [2.75, 3.05) is 29.9 Å². The van der Waals surface area contributed by atoms with Gasteiger partial charge in [0.15, 0.2) is 6.10 Å². The Morgan fingerprint density at radius 2 is 1.91 bits per heavy atom. The maximum absolute atomic E-state index is 12.6. The molecule has 1 atom stereocenters. The first kappa shape index (κ1) is 22.7. The van der Waals surface area contributed by atoms with Crippen molar-refractivity contribution in [1.29, 1.82) is 0 Å². The lowest BCUT2D eigenvalue weighted by molar-refractivity contribution is -0.122. The van der Waals surface area contributed by atoms with Crippen molar-refractivity contribution < 1.29 is 24.2 Å². The number of carbonyl (C=O) groups excluding carboxylic acids is 1. The maximum atomic E-state index is 12.6. The van der Waals surface area contributed by atoms with Gasteiger partial charge in [-0.2, -0.15) is 0 Å². The lowest BCUT2D eigenvalue weighted by Crippen LogP contribution is -2.36. The summed E-state index contributed by atoms with van der Waals surface area (Å²) in [7, 11) is 0. The number of aromatic carboxylic acids is 1. The van der Waals surface area contributed by atoms with E-state index in [1.54, 1.807) is 30.5 Å².